The number of phenols is 1. The van der Waals surface area contributed by atoms with Crippen LogP contribution in [-0.2, 0) is 0 Å². The van der Waals surface area contributed by atoms with E-state index in [4.69, 9.17) is 5.26 Å². The number of hydrogen-bond acceptors (Lipinski definition) is 2. The highest BCUT2D eigenvalue weighted by Gasteiger charge is 2.10. The molecule has 1 N–H and O–H groups in total. The standard InChI is InChI=1S/C13H7Br2NO/c14-10-3-1-2-9(6-10)11-4-8(7-16)5-12(15)13(11)17/h1-6,17H. The van der Waals surface area contributed by atoms with Gasteiger partial charge in [0.25, 0.3) is 0 Å². The van der Waals surface area contributed by atoms with Crippen LogP contribution in [0.2, 0.25) is 0 Å². The summed E-state index contributed by atoms with van der Waals surface area (Å²) in [5, 5.41) is 18.9. The van der Waals surface area contributed by atoms with Crippen LogP contribution in [0.3, 0.4) is 0 Å². The summed E-state index contributed by atoms with van der Waals surface area (Å²) in [7, 11) is 0. The SMILES string of the molecule is N#Cc1cc(Br)c(O)c(-c2cccc(Br)c2)c1. The van der Waals surface area contributed by atoms with Crippen LogP contribution in [0.1, 0.15) is 5.56 Å². The zero-order chi connectivity index (χ0) is 12.4. The highest BCUT2D eigenvalue weighted by Crippen LogP contribution is 2.37. The topological polar surface area (TPSA) is 44.0 Å². The lowest BCUT2D eigenvalue weighted by atomic mass is 10.0. The van der Waals surface area contributed by atoms with Crippen molar-refractivity contribution >= 4 is 31.9 Å². The van der Waals surface area contributed by atoms with Crippen LogP contribution in [0.4, 0.5) is 0 Å². The predicted molar refractivity (Wildman–Crippen MR) is 73.7 cm³/mol. The highest BCUT2D eigenvalue weighted by molar-refractivity contribution is 9.10. The van der Waals surface area contributed by atoms with Gasteiger partial charge in [0.2, 0.25) is 0 Å². The fourth-order valence-corrected chi connectivity index (χ4v) is 2.40. The summed E-state index contributed by atoms with van der Waals surface area (Å²) in [5.74, 6) is 0.141. The Morgan fingerprint density at radius 1 is 1.12 bits per heavy atom. The summed E-state index contributed by atoms with van der Waals surface area (Å²) in [6.07, 6.45) is 0. The number of halogens is 2. The van der Waals surface area contributed by atoms with Gasteiger partial charge in [-0.3, -0.25) is 0 Å². The van der Waals surface area contributed by atoms with Gasteiger partial charge in [0.05, 0.1) is 16.1 Å². The predicted octanol–water partition coefficient (Wildman–Crippen LogP) is 4.46. The van der Waals surface area contributed by atoms with E-state index in [0.717, 1.165) is 10.0 Å². The molecule has 0 saturated carbocycles. The molecule has 0 aliphatic rings. The van der Waals surface area contributed by atoms with E-state index in [1.165, 1.54) is 0 Å². The van der Waals surface area contributed by atoms with Gasteiger partial charge in [-0.15, -0.1) is 0 Å². The van der Waals surface area contributed by atoms with Gasteiger partial charge >= 0.3 is 0 Å². The van der Waals surface area contributed by atoms with E-state index in [1.807, 2.05) is 24.3 Å². The van der Waals surface area contributed by atoms with Gasteiger partial charge in [0.15, 0.2) is 0 Å². The fourth-order valence-electron chi connectivity index (χ4n) is 1.54. The maximum absolute atomic E-state index is 9.99. The lowest BCUT2D eigenvalue weighted by Gasteiger charge is -2.07. The first-order valence-corrected chi connectivity index (χ1v) is 6.39. The van der Waals surface area contributed by atoms with E-state index in [-0.39, 0.29) is 5.75 Å². The van der Waals surface area contributed by atoms with Gasteiger partial charge in [-0.1, -0.05) is 28.1 Å². The molecule has 84 valence electrons. The molecule has 0 heterocycles. The third kappa shape index (κ3) is 2.51. The number of nitriles is 1. The Morgan fingerprint density at radius 3 is 2.53 bits per heavy atom. The van der Waals surface area contributed by atoms with Crippen LogP contribution >= 0.6 is 31.9 Å². The number of aromatic hydroxyl groups is 1. The summed E-state index contributed by atoms with van der Waals surface area (Å²) >= 11 is 6.62. The lowest BCUT2D eigenvalue weighted by molar-refractivity contribution is 0.474. The van der Waals surface area contributed by atoms with Crippen molar-refractivity contribution in [2.75, 3.05) is 0 Å². The molecule has 2 rings (SSSR count). The molecular formula is C13H7Br2NO. The van der Waals surface area contributed by atoms with Gasteiger partial charge in [-0.2, -0.15) is 5.26 Å². The van der Waals surface area contributed by atoms with Gasteiger partial charge in [-0.05, 0) is 45.8 Å². The monoisotopic (exact) mass is 351 g/mol. The van der Waals surface area contributed by atoms with Crippen molar-refractivity contribution in [2.24, 2.45) is 0 Å². The molecule has 0 unspecified atom stereocenters. The summed E-state index contributed by atoms with van der Waals surface area (Å²) in [5.41, 5.74) is 2.00. The van der Waals surface area contributed by atoms with Crippen LogP contribution in [0.15, 0.2) is 45.3 Å². The second kappa shape index (κ2) is 4.91. The van der Waals surface area contributed by atoms with Crippen molar-refractivity contribution in [3.05, 3.63) is 50.9 Å². The molecule has 0 saturated heterocycles. The normalized spacial score (nSPS) is 9.94. The Labute approximate surface area is 116 Å². The maximum atomic E-state index is 9.99. The Morgan fingerprint density at radius 2 is 1.88 bits per heavy atom. The van der Waals surface area contributed by atoms with Crippen molar-refractivity contribution in [2.45, 2.75) is 0 Å². The first kappa shape index (κ1) is 12.2. The van der Waals surface area contributed by atoms with Crippen molar-refractivity contribution in [1.82, 2.24) is 0 Å². The molecule has 0 aromatic heterocycles. The second-order valence-corrected chi connectivity index (χ2v) is 5.25. The van der Waals surface area contributed by atoms with E-state index in [9.17, 15) is 5.11 Å². The van der Waals surface area contributed by atoms with E-state index in [2.05, 4.69) is 37.9 Å². The molecule has 0 spiro atoms. The quantitative estimate of drug-likeness (QED) is 0.823. The summed E-state index contributed by atoms with van der Waals surface area (Å²) in [6.45, 7) is 0. The molecule has 0 fully saturated rings. The van der Waals surface area contributed by atoms with Gasteiger partial charge < -0.3 is 5.11 Å². The van der Waals surface area contributed by atoms with Crippen molar-refractivity contribution in [1.29, 1.82) is 5.26 Å². The van der Waals surface area contributed by atoms with Crippen LogP contribution in [-0.4, -0.2) is 5.11 Å². The molecule has 17 heavy (non-hydrogen) atoms. The van der Waals surface area contributed by atoms with Crippen LogP contribution in [0, 0.1) is 11.3 Å². The Hall–Kier alpha value is -1.31. The Balaban J connectivity index is 2.67. The van der Waals surface area contributed by atoms with E-state index < -0.39 is 0 Å². The first-order chi connectivity index (χ1) is 8.11. The largest absolute Gasteiger partial charge is 0.506 e. The molecule has 0 aliphatic carbocycles. The Bertz CT molecular complexity index is 617. The van der Waals surface area contributed by atoms with Crippen LogP contribution in [0.5, 0.6) is 5.75 Å². The second-order valence-electron chi connectivity index (χ2n) is 3.48. The van der Waals surface area contributed by atoms with E-state index in [0.29, 0.717) is 15.6 Å². The van der Waals surface area contributed by atoms with Crippen LogP contribution in [0.25, 0.3) is 11.1 Å². The smallest absolute Gasteiger partial charge is 0.137 e. The molecule has 0 bridgehead atoms. The third-order valence-corrected chi connectivity index (χ3v) is 3.43. The Kier molecular flexibility index (Phi) is 3.51. The summed E-state index contributed by atoms with van der Waals surface area (Å²) in [4.78, 5) is 0. The lowest BCUT2D eigenvalue weighted by Crippen LogP contribution is -1.84. The number of nitrogens with zero attached hydrogens (tertiary/aromatic N) is 1. The third-order valence-electron chi connectivity index (χ3n) is 2.33. The molecule has 2 aromatic carbocycles. The summed E-state index contributed by atoms with van der Waals surface area (Å²) < 4.78 is 1.44. The molecule has 2 aromatic rings. The zero-order valence-electron chi connectivity index (χ0n) is 8.61. The summed E-state index contributed by atoms with van der Waals surface area (Å²) in [6, 6.07) is 12.9. The number of phenolic OH excluding ortho intramolecular Hbond substituents is 1. The molecule has 2 nitrogen and oxygen atoms in total. The number of benzene rings is 2. The highest BCUT2D eigenvalue weighted by atomic mass is 79.9. The average molecular weight is 353 g/mol. The number of hydrogen-bond donors (Lipinski definition) is 1. The van der Waals surface area contributed by atoms with E-state index in [1.54, 1.807) is 12.1 Å². The van der Waals surface area contributed by atoms with Crippen molar-refractivity contribution in [3.8, 4) is 22.9 Å². The maximum Gasteiger partial charge on any atom is 0.137 e. The minimum Gasteiger partial charge on any atom is -0.506 e. The van der Waals surface area contributed by atoms with Crippen molar-refractivity contribution < 1.29 is 5.11 Å². The van der Waals surface area contributed by atoms with Crippen molar-refractivity contribution in [3.63, 3.8) is 0 Å². The molecule has 0 radical (unpaired) electrons. The molecule has 0 amide bonds. The van der Waals surface area contributed by atoms with Gasteiger partial charge in [0, 0.05) is 10.0 Å². The van der Waals surface area contributed by atoms with E-state index >= 15 is 0 Å². The minimum absolute atomic E-state index is 0.141. The average Bonchev–Trinajstić information content (AvgIpc) is 2.32. The molecule has 0 atom stereocenters. The van der Waals surface area contributed by atoms with Gasteiger partial charge in [-0.25, -0.2) is 0 Å². The number of rotatable bonds is 1. The minimum atomic E-state index is 0.141. The van der Waals surface area contributed by atoms with Gasteiger partial charge in [0.1, 0.15) is 5.75 Å². The van der Waals surface area contributed by atoms with Crippen LogP contribution < -0.4 is 0 Å². The molecule has 4 heteroatoms. The fraction of sp³-hybridized carbons (Fsp3) is 0. The molecular weight excluding hydrogens is 346 g/mol. The first-order valence-electron chi connectivity index (χ1n) is 4.80. The molecule has 0 aliphatic heterocycles. The zero-order valence-corrected chi connectivity index (χ0v) is 11.8.